The van der Waals surface area contributed by atoms with Crippen LogP contribution in [0.15, 0.2) is 47.7 Å². The summed E-state index contributed by atoms with van der Waals surface area (Å²) in [5.41, 5.74) is 2.62. The topological polar surface area (TPSA) is 46.5 Å². The minimum absolute atomic E-state index is 0.150. The van der Waals surface area contributed by atoms with E-state index in [2.05, 4.69) is 15.5 Å². The van der Waals surface area contributed by atoms with Gasteiger partial charge in [0.25, 0.3) is 0 Å². The highest BCUT2D eigenvalue weighted by molar-refractivity contribution is 5.80. The van der Waals surface area contributed by atoms with E-state index >= 15 is 0 Å². The van der Waals surface area contributed by atoms with Crippen molar-refractivity contribution in [2.45, 2.75) is 32.5 Å². The largest absolute Gasteiger partial charge is 0.491 e. The van der Waals surface area contributed by atoms with Crippen molar-refractivity contribution in [3.63, 3.8) is 0 Å². The zero-order chi connectivity index (χ0) is 17.6. The highest BCUT2D eigenvalue weighted by Crippen LogP contribution is 2.28. The Bertz CT molecular complexity index is 667. The summed E-state index contributed by atoms with van der Waals surface area (Å²) in [6.45, 7) is 4.04. The number of rotatable bonds is 6. The molecule has 1 aromatic heterocycles. The van der Waals surface area contributed by atoms with E-state index in [0.717, 1.165) is 30.0 Å². The molecule has 0 fully saturated rings. The molecule has 0 aliphatic rings. The predicted octanol–water partition coefficient (Wildman–Crippen LogP) is 4.72. The molecule has 1 heterocycles. The molecule has 0 bridgehead atoms. The van der Waals surface area contributed by atoms with Gasteiger partial charge < -0.3 is 4.74 Å². The molecule has 0 unspecified atom stereocenters. The monoisotopic (exact) mass is 337 g/mol. The first-order chi connectivity index (χ1) is 11.4. The fourth-order valence-corrected chi connectivity index (χ4v) is 1.75. The molecule has 0 amide bonds. The second kappa shape index (κ2) is 7.81. The van der Waals surface area contributed by atoms with Crippen molar-refractivity contribution >= 4 is 12.0 Å². The third-order valence-corrected chi connectivity index (χ3v) is 3.28. The molecule has 1 aromatic carbocycles. The van der Waals surface area contributed by atoms with Gasteiger partial charge in [-0.05, 0) is 55.3 Å². The molecule has 7 heteroatoms. The number of aromatic nitrogens is 1. The van der Waals surface area contributed by atoms with Crippen LogP contribution in [0.4, 0.5) is 19.0 Å². The zero-order valence-corrected chi connectivity index (χ0v) is 13.3. The second-order valence-electron chi connectivity index (χ2n) is 5.21. The Morgan fingerprint density at radius 2 is 1.92 bits per heavy atom. The third-order valence-electron chi connectivity index (χ3n) is 3.28. The third kappa shape index (κ3) is 5.26. The molecular weight excluding hydrogens is 319 g/mol. The summed E-state index contributed by atoms with van der Waals surface area (Å²) in [5, 5.41) is 3.95. The molecule has 2 aromatic rings. The van der Waals surface area contributed by atoms with Gasteiger partial charge in [0.2, 0.25) is 0 Å². The number of nitrogens with one attached hydrogen (secondary N) is 1. The number of hydrogen-bond donors (Lipinski definition) is 1. The van der Waals surface area contributed by atoms with Crippen molar-refractivity contribution in [2.75, 3.05) is 5.43 Å². The quantitative estimate of drug-likeness (QED) is 0.613. The first-order valence-corrected chi connectivity index (χ1v) is 7.47. The number of hydrazone groups is 1. The normalized spacial score (nSPS) is 13.0. The molecule has 0 saturated carbocycles. The van der Waals surface area contributed by atoms with Crippen LogP contribution < -0.4 is 10.2 Å². The van der Waals surface area contributed by atoms with Crippen LogP contribution in [-0.2, 0) is 6.18 Å². The van der Waals surface area contributed by atoms with Crippen molar-refractivity contribution in [1.29, 1.82) is 0 Å². The molecule has 0 spiro atoms. The van der Waals surface area contributed by atoms with E-state index in [9.17, 15) is 13.2 Å². The van der Waals surface area contributed by atoms with Gasteiger partial charge in [0, 0.05) is 6.20 Å². The summed E-state index contributed by atoms with van der Waals surface area (Å²) < 4.78 is 43.0. The number of nitrogens with zero attached hydrogens (tertiary/aromatic N) is 2. The minimum Gasteiger partial charge on any atom is -0.491 e. The van der Waals surface area contributed by atoms with Crippen LogP contribution in [0.1, 0.15) is 31.4 Å². The van der Waals surface area contributed by atoms with E-state index in [0.29, 0.717) is 0 Å². The lowest BCUT2D eigenvalue weighted by Crippen LogP contribution is -2.09. The van der Waals surface area contributed by atoms with Gasteiger partial charge in [0.05, 0.1) is 17.9 Å². The maximum absolute atomic E-state index is 12.4. The van der Waals surface area contributed by atoms with E-state index in [-0.39, 0.29) is 11.9 Å². The number of ether oxygens (including phenoxy) is 1. The molecule has 1 N–H and O–H groups in total. The summed E-state index contributed by atoms with van der Waals surface area (Å²) in [4.78, 5) is 3.67. The number of halogens is 3. The molecule has 24 heavy (non-hydrogen) atoms. The van der Waals surface area contributed by atoms with Gasteiger partial charge in [0.15, 0.2) is 0 Å². The first kappa shape index (κ1) is 17.8. The molecule has 2 rings (SSSR count). The standard InChI is InChI=1S/C17H18F3N3O/c1-3-12(2)24-15-7-4-13(5-8-15)10-22-23-16-9-6-14(11-21-16)17(18,19)20/h4-12H,3H2,1-2H3,(H,21,23)/b22-10-/t12-/m1/s1. The van der Waals surface area contributed by atoms with Crippen LogP contribution in [0.2, 0.25) is 0 Å². The molecule has 128 valence electrons. The second-order valence-corrected chi connectivity index (χ2v) is 5.21. The van der Waals surface area contributed by atoms with E-state index in [1.807, 2.05) is 38.1 Å². The van der Waals surface area contributed by atoms with Gasteiger partial charge in [-0.2, -0.15) is 18.3 Å². The average molecular weight is 337 g/mol. The van der Waals surface area contributed by atoms with Crippen molar-refractivity contribution in [3.05, 3.63) is 53.7 Å². The van der Waals surface area contributed by atoms with E-state index in [1.165, 1.54) is 6.07 Å². The van der Waals surface area contributed by atoms with Gasteiger partial charge in [0.1, 0.15) is 11.6 Å². The number of anilines is 1. The van der Waals surface area contributed by atoms with Crippen LogP contribution in [0.25, 0.3) is 0 Å². The molecule has 4 nitrogen and oxygen atoms in total. The maximum atomic E-state index is 12.4. The number of benzene rings is 1. The Kier molecular flexibility index (Phi) is 5.78. The van der Waals surface area contributed by atoms with Crippen LogP contribution in [0.3, 0.4) is 0 Å². The van der Waals surface area contributed by atoms with E-state index in [4.69, 9.17) is 4.74 Å². The van der Waals surface area contributed by atoms with Crippen LogP contribution in [0, 0.1) is 0 Å². The lowest BCUT2D eigenvalue weighted by Gasteiger charge is -2.12. The number of alkyl halides is 3. The van der Waals surface area contributed by atoms with Gasteiger partial charge in [-0.15, -0.1) is 0 Å². The lowest BCUT2D eigenvalue weighted by molar-refractivity contribution is -0.137. The first-order valence-electron chi connectivity index (χ1n) is 7.47. The summed E-state index contributed by atoms with van der Waals surface area (Å²) >= 11 is 0. The fourth-order valence-electron chi connectivity index (χ4n) is 1.75. The van der Waals surface area contributed by atoms with Gasteiger partial charge >= 0.3 is 6.18 Å². The van der Waals surface area contributed by atoms with Gasteiger partial charge in [-0.3, -0.25) is 5.43 Å². The average Bonchev–Trinajstić information content (AvgIpc) is 2.56. The number of pyridine rings is 1. The van der Waals surface area contributed by atoms with Crippen LogP contribution in [0.5, 0.6) is 5.75 Å². The minimum atomic E-state index is -4.39. The molecular formula is C17H18F3N3O. The smallest absolute Gasteiger partial charge is 0.417 e. The molecule has 0 aliphatic carbocycles. The summed E-state index contributed by atoms with van der Waals surface area (Å²) in [6, 6.07) is 9.52. The fraction of sp³-hybridized carbons (Fsp3) is 0.294. The molecule has 1 atom stereocenters. The highest BCUT2D eigenvalue weighted by atomic mass is 19.4. The zero-order valence-electron chi connectivity index (χ0n) is 13.3. The SMILES string of the molecule is CC[C@@H](C)Oc1ccc(/C=N\Nc2ccc(C(F)(F)F)cn2)cc1. The summed E-state index contributed by atoms with van der Waals surface area (Å²) in [5.74, 6) is 1.01. The van der Waals surface area contributed by atoms with E-state index in [1.54, 1.807) is 6.21 Å². The number of hydrogen-bond acceptors (Lipinski definition) is 4. The van der Waals surface area contributed by atoms with Crippen molar-refractivity contribution in [3.8, 4) is 5.75 Å². The summed E-state index contributed by atoms with van der Waals surface area (Å²) in [7, 11) is 0. The van der Waals surface area contributed by atoms with E-state index < -0.39 is 11.7 Å². The maximum Gasteiger partial charge on any atom is 0.417 e. The molecule has 0 aliphatic heterocycles. The van der Waals surface area contributed by atoms with Gasteiger partial charge in [-0.1, -0.05) is 6.92 Å². The Hall–Kier alpha value is -2.57. The Morgan fingerprint density at radius 3 is 2.46 bits per heavy atom. The Labute approximate surface area is 138 Å². The van der Waals surface area contributed by atoms with Crippen LogP contribution in [-0.4, -0.2) is 17.3 Å². The Balaban J connectivity index is 1.92. The predicted molar refractivity (Wildman–Crippen MR) is 87.3 cm³/mol. The molecule has 0 saturated heterocycles. The van der Waals surface area contributed by atoms with Crippen molar-refractivity contribution in [2.24, 2.45) is 5.10 Å². The van der Waals surface area contributed by atoms with Crippen LogP contribution >= 0.6 is 0 Å². The van der Waals surface area contributed by atoms with Gasteiger partial charge in [-0.25, -0.2) is 4.98 Å². The van der Waals surface area contributed by atoms with Crippen molar-refractivity contribution < 1.29 is 17.9 Å². The summed E-state index contributed by atoms with van der Waals surface area (Å²) in [6.07, 6.45) is -1.01. The van der Waals surface area contributed by atoms with Crippen molar-refractivity contribution in [1.82, 2.24) is 4.98 Å². The Morgan fingerprint density at radius 1 is 1.21 bits per heavy atom. The highest BCUT2D eigenvalue weighted by Gasteiger charge is 2.30. The molecule has 0 radical (unpaired) electrons. The lowest BCUT2D eigenvalue weighted by atomic mass is 10.2.